The molecule has 1 aliphatic heterocycles. The molecule has 0 unspecified atom stereocenters. The number of fused-ring (bicyclic) bond motifs is 4. The number of aromatic hydroxyl groups is 1. The maximum atomic E-state index is 10.1. The van der Waals surface area contributed by atoms with Crippen molar-refractivity contribution in [3.8, 4) is 17.4 Å². The Morgan fingerprint density at radius 2 is 1.82 bits per heavy atom. The van der Waals surface area contributed by atoms with Gasteiger partial charge in [0.15, 0.2) is 0 Å². The van der Waals surface area contributed by atoms with Gasteiger partial charge in [-0.15, -0.1) is 18.2 Å². The van der Waals surface area contributed by atoms with Gasteiger partial charge in [0.2, 0.25) is 5.88 Å². The Bertz CT molecular complexity index is 1420. The van der Waals surface area contributed by atoms with Crippen LogP contribution in [0.15, 0.2) is 77.8 Å². The van der Waals surface area contributed by atoms with Crippen LogP contribution in [0.1, 0.15) is 36.6 Å². The zero-order chi connectivity index (χ0) is 22.6. The van der Waals surface area contributed by atoms with E-state index in [4.69, 9.17) is 14.5 Å². The summed E-state index contributed by atoms with van der Waals surface area (Å²) in [5, 5.41) is 11.0. The molecule has 1 aliphatic carbocycles. The third-order valence-corrected chi connectivity index (χ3v) is 6.46. The molecule has 6 heteroatoms. The van der Waals surface area contributed by atoms with Gasteiger partial charge in [0.25, 0.3) is 0 Å². The maximum absolute atomic E-state index is 10.1. The van der Waals surface area contributed by atoms with Crippen molar-refractivity contribution in [2.75, 3.05) is 0 Å². The fourth-order valence-electron chi connectivity index (χ4n) is 4.85. The van der Waals surface area contributed by atoms with Crippen molar-refractivity contribution in [1.29, 1.82) is 0 Å². The number of aromatic nitrogens is 1. The predicted octanol–water partition coefficient (Wildman–Crippen LogP) is 6.00. The molecular weight excluding hydrogens is 607 g/mol. The number of benzene rings is 3. The van der Waals surface area contributed by atoms with Crippen LogP contribution in [0, 0.1) is 11.5 Å². The summed E-state index contributed by atoms with van der Waals surface area (Å²) in [7, 11) is 0. The molecule has 174 valence electrons. The zero-order valence-electron chi connectivity index (χ0n) is 18.8. The standard InChI is InChI=1S/C28H23N2O3.Pt/c1-28(2)16-19-7-3-4-11-21(19)25-26(28)33-27(30-25)18-9-5-10-20(15-18)32-23-14-13-17-8-6-12-22(31)24(17)29-23;/h3-14,25-26,31H,16H2,1-2H3;/q-1;/t25-,26-;/m0./s1. The number of ether oxygens (including phenoxy) is 2. The van der Waals surface area contributed by atoms with E-state index >= 15 is 0 Å². The second-order valence-electron chi connectivity index (χ2n) is 9.31. The van der Waals surface area contributed by atoms with Crippen molar-refractivity contribution >= 4 is 16.8 Å². The first-order chi connectivity index (χ1) is 16.0. The van der Waals surface area contributed by atoms with Crippen LogP contribution in [0.2, 0.25) is 0 Å². The van der Waals surface area contributed by atoms with E-state index in [1.807, 2.05) is 30.3 Å². The van der Waals surface area contributed by atoms with Gasteiger partial charge in [0.05, 0.1) is 0 Å². The van der Waals surface area contributed by atoms with Gasteiger partial charge in [-0.25, -0.2) is 4.98 Å². The first-order valence-corrected chi connectivity index (χ1v) is 11.1. The molecule has 5 nitrogen and oxygen atoms in total. The van der Waals surface area contributed by atoms with E-state index in [0.29, 0.717) is 23.0 Å². The van der Waals surface area contributed by atoms with Gasteiger partial charge in [-0.2, -0.15) is 0 Å². The van der Waals surface area contributed by atoms with Crippen LogP contribution in [0.4, 0.5) is 0 Å². The Balaban J connectivity index is 0.00000241. The van der Waals surface area contributed by atoms with E-state index in [9.17, 15) is 5.11 Å². The molecule has 2 atom stereocenters. The number of hydrogen-bond acceptors (Lipinski definition) is 5. The number of para-hydroxylation sites is 1. The smallest absolute Gasteiger partial charge is 0.217 e. The van der Waals surface area contributed by atoms with E-state index in [1.54, 1.807) is 18.2 Å². The summed E-state index contributed by atoms with van der Waals surface area (Å²) >= 11 is 0. The Labute approximate surface area is 212 Å². The maximum Gasteiger partial charge on any atom is 0.217 e. The van der Waals surface area contributed by atoms with E-state index < -0.39 is 0 Å². The van der Waals surface area contributed by atoms with Crippen LogP contribution in [0.3, 0.4) is 0 Å². The predicted molar refractivity (Wildman–Crippen MR) is 127 cm³/mol. The molecule has 4 aromatic rings. The Kier molecular flexibility index (Phi) is 5.69. The van der Waals surface area contributed by atoms with Crippen LogP contribution in [-0.4, -0.2) is 22.1 Å². The monoisotopic (exact) mass is 630 g/mol. The SMILES string of the molecule is CC1(C)Cc2ccccc2[C@@H]2N=C(c3[c-]c(Oc4ccc5cccc(O)c5n4)ccc3)O[C@@H]21.[Pt]. The molecule has 0 saturated heterocycles. The number of hydrogen-bond donors (Lipinski definition) is 1. The molecule has 2 aliphatic rings. The molecular formula is C28H23N2O3Pt-. The van der Waals surface area contributed by atoms with Crippen LogP contribution >= 0.6 is 0 Å². The molecule has 1 N–H and O–H groups in total. The van der Waals surface area contributed by atoms with E-state index in [0.717, 1.165) is 17.4 Å². The summed E-state index contributed by atoms with van der Waals surface area (Å²) in [4.78, 5) is 9.42. The number of aliphatic imine (C=N–C) groups is 1. The van der Waals surface area contributed by atoms with Crippen molar-refractivity contribution in [2.24, 2.45) is 10.4 Å². The molecule has 1 aromatic heterocycles. The van der Waals surface area contributed by atoms with Crippen LogP contribution in [0.25, 0.3) is 10.9 Å². The fourth-order valence-corrected chi connectivity index (χ4v) is 4.85. The van der Waals surface area contributed by atoms with Crippen molar-refractivity contribution in [2.45, 2.75) is 32.4 Å². The van der Waals surface area contributed by atoms with E-state index in [2.05, 4.69) is 49.2 Å². The third kappa shape index (κ3) is 3.88. The number of phenolic OH excluding ortho intramolecular Hbond substituents is 1. The summed E-state index contributed by atoms with van der Waals surface area (Å²) in [6.07, 6.45) is 0.936. The van der Waals surface area contributed by atoms with Gasteiger partial charge >= 0.3 is 0 Å². The summed E-state index contributed by atoms with van der Waals surface area (Å²) in [5.41, 5.74) is 3.79. The molecule has 2 heterocycles. The van der Waals surface area contributed by atoms with Gasteiger partial charge in [0.1, 0.15) is 29.3 Å². The summed E-state index contributed by atoms with van der Waals surface area (Å²) in [5.74, 6) is 1.60. The molecule has 0 amide bonds. The number of pyridine rings is 1. The number of rotatable bonds is 3. The van der Waals surface area contributed by atoms with Gasteiger partial charge in [-0.1, -0.05) is 61.9 Å². The average Bonchev–Trinajstić information content (AvgIpc) is 3.27. The van der Waals surface area contributed by atoms with Crippen LogP contribution in [0.5, 0.6) is 17.4 Å². The minimum atomic E-state index is -0.0323. The minimum Gasteiger partial charge on any atom is -0.514 e. The molecule has 3 aromatic carbocycles. The molecule has 0 saturated carbocycles. The molecule has 34 heavy (non-hydrogen) atoms. The normalized spacial score (nSPS) is 19.9. The molecule has 0 spiro atoms. The Morgan fingerprint density at radius 1 is 1.00 bits per heavy atom. The second-order valence-corrected chi connectivity index (χ2v) is 9.31. The molecule has 0 radical (unpaired) electrons. The van der Waals surface area contributed by atoms with Gasteiger partial charge < -0.3 is 14.6 Å². The van der Waals surface area contributed by atoms with Crippen molar-refractivity contribution < 1.29 is 35.6 Å². The quantitative estimate of drug-likeness (QED) is 0.282. The first kappa shape index (κ1) is 22.6. The van der Waals surface area contributed by atoms with Crippen LogP contribution < -0.4 is 4.74 Å². The topological polar surface area (TPSA) is 63.9 Å². The van der Waals surface area contributed by atoms with Crippen LogP contribution in [-0.2, 0) is 32.2 Å². The van der Waals surface area contributed by atoms with Crippen molar-refractivity contribution in [3.05, 3.63) is 95.6 Å². The van der Waals surface area contributed by atoms with Gasteiger partial charge in [-0.05, 0) is 29.7 Å². The summed E-state index contributed by atoms with van der Waals surface area (Å²) in [6.45, 7) is 4.48. The third-order valence-electron chi connectivity index (χ3n) is 6.46. The summed E-state index contributed by atoms with van der Waals surface area (Å²) in [6, 6.07) is 26.3. The minimum absolute atomic E-state index is 0. The number of nitrogens with zero attached hydrogens (tertiary/aromatic N) is 2. The molecule has 0 bridgehead atoms. The fraction of sp³-hybridized carbons (Fsp3) is 0.214. The number of phenols is 1. The van der Waals surface area contributed by atoms with Crippen molar-refractivity contribution in [3.63, 3.8) is 0 Å². The average molecular weight is 631 g/mol. The molecule has 6 rings (SSSR count). The molecule has 0 fully saturated rings. The zero-order valence-corrected chi connectivity index (χ0v) is 21.0. The largest absolute Gasteiger partial charge is 0.514 e. The second kappa shape index (κ2) is 8.56. The van der Waals surface area contributed by atoms with E-state index in [-0.39, 0.29) is 44.4 Å². The van der Waals surface area contributed by atoms with E-state index in [1.165, 1.54) is 11.1 Å². The first-order valence-electron chi connectivity index (χ1n) is 11.1. The van der Waals surface area contributed by atoms with Gasteiger partial charge in [0, 0.05) is 43.7 Å². The Hall–Kier alpha value is -3.17. The Morgan fingerprint density at radius 3 is 2.71 bits per heavy atom. The van der Waals surface area contributed by atoms with Crippen molar-refractivity contribution in [1.82, 2.24) is 4.98 Å². The summed E-state index contributed by atoms with van der Waals surface area (Å²) < 4.78 is 12.4. The van der Waals surface area contributed by atoms with Gasteiger partial charge in [-0.3, -0.25) is 4.99 Å².